The first-order valence-electron chi connectivity index (χ1n) is 8.15. The van der Waals surface area contributed by atoms with Gasteiger partial charge in [-0.25, -0.2) is 8.78 Å². The number of aromatic nitrogens is 3. The van der Waals surface area contributed by atoms with Crippen molar-refractivity contribution in [3.8, 4) is 0 Å². The number of hydrogen-bond acceptors (Lipinski definition) is 3. The highest BCUT2D eigenvalue weighted by Crippen LogP contribution is 2.39. The lowest BCUT2D eigenvalue weighted by Gasteiger charge is -2.30. The molecule has 1 aromatic heterocycles. The normalized spacial score (nSPS) is 20.5. The van der Waals surface area contributed by atoms with Gasteiger partial charge in [-0.2, -0.15) is 0 Å². The molecule has 1 aliphatic rings. The monoisotopic (exact) mass is 320 g/mol. The van der Waals surface area contributed by atoms with Crippen LogP contribution in [0.5, 0.6) is 0 Å². The summed E-state index contributed by atoms with van der Waals surface area (Å²) in [5.41, 5.74) is 1.97. The first-order chi connectivity index (χ1) is 11.1. The van der Waals surface area contributed by atoms with Crippen LogP contribution in [0.2, 0.25) is 0 Å². The number of hydrogen-bond donors (Lipinski definition) is 1. The van der Waals surface area contributed by atoms with Gasteiger partial charge in [-0.3, -0.25) is 4.68 Å². The molecule has 23 heavy (non-hydrogen) atoms. The van der Waals surface area contributed by atoms with Crippen LogP contribution in [0, 0.1) is 5.92 Å². The van der Waals surface area contributed by atoms with Crippen LogP contribution in [-0.4, -0.2) is 20.9 Å². The van der Waals surface area contributed by atoms with E-state index >= 15 is 0 Å². The fourth-order valence-corrected chi connectivity index (χ4v) is 3.06. The van der Waals surface area contributed by atoms with Crippen molar-refractivity contribution in [2.45, 2.75) is 51.2 Å². The molecule has 1 heterocycles. The largest absolute Gasteiger partial charge is 0.307 e. The van der Waals surface area contributed by atoms with Crippen molar-refractivity contribution in [2.24, 2.45) is 5.92 Å². The Morgan fingerprint density at radius 1 is 1.17 bits per heavy atom. The smallest absolute Gasteiger partial charge is 0.252 e. The Labute approximate surface area is 134 Å². The van der Waals surface area contributed by atoms with E-state index in [1.807, 2.05) is 18.2 Å². The Morgan fingerprint density at radius 3 is 2.78 bits per heavy atom. The summed E-state index contributed by atoms with van der Waals surface area (Å²) in [5, 5.41) is 11.3. The molecular weight excluding hydrogens is 298 g/mol. The van der Waals surface area contributed by atoms with E-state index in [-0.39, 0.29) is 13.0 Å². The van der Waals surface area contributed by atoms with Crippen LogP contribution in [0.3, 0.4) is 0 Å². The first-order valence-corrected chi connectivity index (χ1v) is 8.15. The lowest BCUT2D eigenvalue weighted by atomic mass is 9.85. The van der Waals surface area contributed by atoms with E-state index in [1.165, 1.54) is 5.56 Å². The molecule has 0 radical (unpaired) electrons. The third-order valence-electron chi connectivity index (χ3n) is 4.38. The van der Waals surface area contributed by atoms with E-state index in [1.54, 1.807) is 10.9 Å². The molecule has 1 aliphatic carbocycles. The van der Waals surface area contributed by atoms with Gasteiger partial charge in [-0.05, 0) is 18.4 Å². The van der Waals surface area contributed by atoms with Crippen molar-refractivity contribution in [1.29, 1.82) is 0 Å². The van der Waals surface area contributed by atoms with Crippen LogP contribution in [0.1, 0.15) is 36.9 Å². The van der Waals surface area contributed by atoms with Gasteiger partial charge in [0.25, 0.3) is 5.92 Å². The predicted molar refractivity (Wildman–Crippen MR) is 83.9 cm³/mol. The van der Waals surface area contributed by atoms with Gasteiger partial charge in [0.2, 0.25) is 0 Å². The van der Waals surface area contributed by atoms with Crippen LogP contribution in [0.25, 0.3) is 0 Å². The number of benzene rings is 1. The summed E-state index contributed by atoms with van der Waals surface area (Å²) >= 11 is 0. The average Bonchev–Trinajstić information content (AvgIpc) is 2.98. The Balaban J connectivity index is 1.50. The molecule has 0 spiro atoms. The quantitative estimate of drug-likeness (QED) is 0.887. The first kappa shape index (κ1) is 16.1. The lowest BCUT2D eigenvalue weighted by Crippen LogP contribution is -2.34. The van der Waals surface area contributed by atoms with Crippen molar-refractivity contribution >= 4 is 0 Å². The minimum absolute atomic E-state index is 0.00213. The molecule has 3 rings (SSSR count). The minimum atomic E-state index is -2.57. The molecule has 0 amide bonds. The Bertz CT molecular complexity index is 612. The summed E-state index contributed by atoms with van der Waals surface area (Å²) in [7, 11) is 0. The molecule has 0 bridgehead atoms. The van der Waals surface area contributed by atoms with Gasteiger partial charge in [-0.15, -0.1) is 5.10 Å². The average molecular weight is 320 g/mol. The molecule has 1 fully saturated rings. The van der Waals surface area contributed by atoms with Gasteiger partial charge in [0.05, 0.1) is 12.2 Å². The third kappa shape index (κ3) is 4.34. The zero-order chi connectivity index (χ0) is 16.1. The summed E-state index contributed by atoms with van der Waals surface area (Å²) in [4.78, 5) is 0. The van der Waals surface area contributed by atoms with Crippen molar-refractivity contribution < 1.29 is 8.78 Å². The zero-order valence-corrected chi connectivity index (χ0v) is 13.1. The van der Waals surface area contributed by atoms with Crippen molar-refractivity contribution in [3.05, 3.63) is 47.8 Å². The third-order valence-corrected chi connectivity index (χ3v) is 4.38. The number of halogens is 2. The number of nitrogens with zero attached hydrogens (tertiary/aromatic N) is 3. The molecule has 6 heteroatoms. The number of nitrogens with one attached hydrogen (secondary N) is 1. The van der Waals surface area contributed by atoms with Crippen molar-refractivity contribution in [1.82, 2.24) is 20.3 Å². The van der Waals surface area contributed by atoms with Crippen LogP contribution in [0.15, 0.2) is 36.5 Å². The molecular formula is C17H22F2N4. The molecule has 0 aliphatic heterocycles. The van der Waals surface area contributed by atoms with Crippen molar-refractivity contribution in [2.75, 3.05) is 0 Å². The molecule has 1 atom stereocenters. The second-order valence-electron chi connectivity index (χ2n) is 6.22. The molecule has 1 saturated carbocycles. The maximum Gasteiger partial charge on any atom is 0.252 e. The standard InChI is InChI=1S/C17H22F2N4/c18-17(19)9-5-4-8-15(17)12-23-13-16(21-22-23)11-20-10-14-6-2-1-3-7-14/h1-3,6-7,13,15,20H,4-5,8-12H2. The van der Waals surface area contributed by atoms with Crippen LogP contribution in [0.4, 0.5) is 8.78 Å². The highest BCUT2D eigenvalue weighted by atomic mass is 19.3. The minimum Gasteiger partial charge on any atom is -0.307 e. The van der Waals surface area contributed by atoms with E-state index < -0.39 is 11.8 Å². The fourth-order valence-electron chi connectivity index (χ4n) is 3.06. The zero-order valence-electron chi connectivity index (χ0n) is 13.1. The van der Waals surface area contributed by atoms with Crippen molar-refractivity contribution in [3.63, 3.8) is 0 Å². The Morgan fingerprint density at radius 2 is 2.00 bits per heavy atom. The fraction of sp³-hybridized carbons (Fsp3) is 0.529. The Hall–Kier alpha value is -1.82. The van der Waals surface area contributed by atoms with Crippen LogP contribution in [-0.2, 0) is 19.6 Å². The topological polar surface area (TPSA) is 42.7 Å². The van der Waals surface area contributed by atoms with Gasteiger partial charge in [-0.1, -0.05) is 42.0 Å². The number of alkyl halides is 2. The molecule has 124 valence electrons. The van der Waals surface area contributed by atoms with Gasteiger partial charge in [0, 0.05) is 31.6 Å². The number of rotatable bonds is 6. The summed E-state index contributed by atoms with van der Waals surface area (Å²) in [6.45, 7) is 1.57. The molecule has 2 aromatic rings. The Kier molecular flexibility index (Phi) is 5.00. The molecule has 1 N–H and O–H groups in total. The SMILES string of the molecule is FC1(F)CCCCC1Cn1cc(CNCc2ccccc2)nn1. The maximum atomic E-state index is 13.9. The summed E-state index contributed by atoms with van der Waals surface area (Å²) in [6.07, 6.45) is 3.82. The predicted octanol–water partition coefficient (Wildman–Crippen LogP) is 3.39. The van der Waals surface area contributed by atoms with E-state index in [4.69, 9.17) is 0 Å². The molecule has 4 nitrogen and oxygen atoms in total. The van der Waals surface area contributed by atoms with E-state index in [9.17, 15) is 8.78 Å². The van der Waals surface area contributed by atoms with Gasteiger partial charge in [0.15, 0.2) is 0 Å². The second-order valence-corrected chi connectivity index (χ2v) is 6.22. The van der Waals surface area contributed by atoms with Gasteiger partial charge in [0.1, 0.15) is 0 Å². The maximum absolute atomic E-state index is 13.9. The summed E-state index contributed by atoms with van der Waals surface area (Å²) in [5.74, 6) is -3.20. The molecule has 0 saturated heterocycles. The summed E-state index contributed by atoms with van der Waals surface area (Å²) in [6, 6.07) is 10.1. The van der Waals surface area contributed by atoms with Crippen LogP contribution < -0.4 is 5.32 Å². The second kappa shape index (κ2) is 7.17. The van der Waals surface area contributed by atoms with E-state index in [0.29, 0.717) is 19.4 Å². The summed E-state index contributed by atoms with van der Waals surface area (Å²) < 4.78 is 29.3. The highest BCUT2D eigenvalue weighted by molar-refractivity contribution is 5.14. The highest BCUT2D eigenvalue weighted by Gasteiger charge is 2.41. The molecule has 1 unspecified atom stereocenters. The van der Waals surface area contributed by atoms with Gasteiger partial charge < -0.3 is 5.32 Å². The van der Waals surface area contributed by atoms with E-state index in [2.05, 4.69) is 27.8 Å². The van der Waals surface area contributed by atoms with Crippen LogP contribution >= 0.6 is 0 Å². The van der Waals surface area contributed by atoms with E-state index in [0.717, 1.165) is 18.7 Å². The molecule has 1 aromatic carbocycles. The lowest BCUT2D eigenvalue weighted by molar-refractivity contribution is -0.0920. The van der Waals surface area contributed by atoms with Gasteiger partial charge >= 0.3 is 0 Å².